The average molecular weight is 299 g/mol. The van der Waals surface area contributed by atoms with Crippen molar-refractivity contribution in [1.29, 1.82) is 0 Å². The van der Waals surface area contributed by atoms with Gasteiger partial charge in [0.15, 0.2) is 0 Å². The zero-order valence-corrected chi connectivity index (χ0v) is 11.2. The van der Waals surface area contributed by atoms with Gasteiger partial charge < -0.3 is 15.4 Å². The molecule has 17 heavy (non-hydrogen) atoms. The Labute approximate surface area is 109 Å². The number of aryl methyl sites for hydroxylation is 1. The van der Waals surface area contributed by atoms with Crippen LogP contribution in [0.3, 0.4) is 0 Å². The zero-order chi connectivity index (χ0) is 12.3. The summed E-state index contributed by atoms with van der Waals surface area (Å²) in [7, 11) is 0. The highest BCUT2D eigenvalue weighted by atomic mass is 79.9. The summed E-state index contributed by atoms with van der Waals surface area (Å²) >= 11 is 3.42. The maximum absolute atomic E-state index is 11.9. The molecular weight excluding hydrogens is 284 g/mol. The standard InChI is InChI=1S/C12H15BrN2O2/c1-8-6-9(2-3-10(8)13)15-12(16)11-7-14-4-5-17-11/h2-3,6,11,14H,4-5,7H2,1H3,(H,15,16). The highest BCUT2D eigenvalue weighted by Crippen LogP contribution is 2.20. The minimum atomic E-state index is -0.396. The Balaban J connectivity index is 1.99. The third kappa shape index (κ3) is 3.28. The van der Waals surface area contributed by atoms with Gasteiger partial charge >= 0.3 is 0 Å². The lowest BCUT2D eigenvalue weighted by Crippen LogP contribution is -2.45. The van der Waals surface area contributed by atoms with Crippen molar-refractivity contribution in [1.82, 2.24) is 5.32 Å². The summed E-state index contributed by atoms with van der Waals surface area (Å²) in [6.07, 6.45) is -0.396. The first-order chi connectivity index (χ1) is 8.16. The van der Waals surface area contributed by atoms with E-state index in [9.17, 15) is 4.79 Å². The Kier molecular flexibility index (Phi) is 4.15. The maximum atomic E-state index is 11.9. The average Bonchev–Trinajstić information content (AvgIpc) is 2.35. The van der Waals surface area contributed by atoms with E-state index in [1.165, 1.54) is 0 Å². The molecule has 1 aliphatic rings. The fraction of sp³-hybridized carbons (Fsp3) is 0.417. The van der Waals surface area contributed by atoms with Gasteiger partial charge in [-0.1, -0.05) is 15.9 Å². The minimum absolute atomic E-state index is 0.0982. The van der Waals surface area contributed by atoms with Crippen molar-refractivity contribution in [3.63, 3.8) is 0 Å². The van der Waals surface area contributed by atoms with Gasteiger partial charge in [-0.3, -0.25) is 4.79 Å². The van der Waals surface area contributed by atoms with Crippen molar-refractivity contribution in [2.45, 2.75) is 13.0 Å². The molecule has 1 heterocycles. The van der Waals surface area contributed by atoms with E-state index in [-0.39, 0.29) is 5.91 Å². The van der Waals surface area contributed by atoms with Crippen LogP contribution in [0.2, 0.25) is 0 Å². The molecule has 4 nitrogen and oxygen atoms in total. The molecule has 1 aliphatic heterocycles. The number of carbonyl (C=O) groups excluding carboxylic acids is 1. The van der Waals surface area contributed by atoms with E-state index in [1.54, 1.807) is 0 Å². The number of carbonyl (C=O) groups is 1. The van der Waals surface area contributed by atoms with Gasteiger partial charge in [0, 0.05) is 23.2 Å². The van der Waals surface area contributed by atoms with Gasteiger partial charge in [-0.25, -0.2) is 0 Å². The molecule has 1 aromatic carbocycles. The van der Waals surface area contributed by atoms with E-state index in [0.717, 1.165) is 22.3 Å². The Hall–Kier alpha value is -0.910. The van der Waals surface area contributed by atoms with Gasteiger partial charge in [-0.2, -0.15) is 0 Å². The van der Waals surface area contributed by atoms with Gasteiger partial charge in [-0.15, -0.1) is 0 Å². The number of anilines is 1. The molecule has 1 amide bonds. The summed E-state index contributed by atoms with van der Waals surface area (Å²) < 4.78 is 6.42. The van der Waals surface area contributed by atoms with Gasteiger partial charge in [0.1, 0.15) is 6.10 Å². The Morgan fingerprint density at radius 3 is 3.06 bits per heavy atom. The predicted octanol–water partition coefficient (Wildman–Crippen LogP) is 1.68. The van der Waals surface area contributed by atoms with E-state index in [1.807, 2.05) is 25.1 Å². The van der Waals surface area contributed by atoms with Crippen molar-refractivity contribution in [2.75, 3.05) is 25.0 Å². The fourth-order valence-corrected chi connectivity index (χ4v) is 1.93. The van der Waals surface area contributed by atoms with E-state index in [2.05, 4.69) is 26.6 Å². The Morgan fingerprint density at radius 2 is 2.41 bits per heavy atom. The van der Waals surface area contributed by atoms with Crippen molar-refractivity contribution in [2.24, 2.45) is 0 Å². The van der Waals surface area contributed by atoms with Crippen molar-refractivity contribution < 1.29 is 9.53 Å². The number of rotatable bonds is 2. The number of benzene rings is 1. The van der Waals surface area contributed by atoms with Gasteiger partial charge in [-0.05, 0) is 30.7 Å². The molecule has 2 N–H and O–H groups in total. The number of amides is 1. The Bertz CT molecular complexity index is 417. The maximum Gasteiger partial charge on any atom is 0.254 e. The summed E-state index contributed by atoms with van der Waals surface area (Å²) in [5.41, 5.74) is 1.88. The van der Waals surface area contributed by atoms with E-state index in [4.69, 9.17) is 4.74 Å². The van der Waals surface area contributed by atoms with Crippen LogP contribution in [-0.2, 0) is 9.53 Å². The van der Waals surface area contributed by atoms with Crippen LogP contribution in [0.1, 0.15) is 5.56 Å². The lowest BCUT2D eigenvalue weighted by molar-refractivity contribution is -0.128. The van der Waals surface area contributed by atoms with Gasteiger partial charge in [0.2, 0.25) is 0 Å². The van der Waals surface area contributed by atoms with E-state index in [0.29, 0.717) is 13.2 Å². The molecule has 0 bridgehead atoms. The van der Waals surface area contributed by atoms with Crippen LogP contribution in [-0.4, -0.2) is 31.7 Å². The first-order valence-electron chi connectivity index (χ1n) is 5.56. The van der Waals surface area contributed by atoms with Crippen LogP contribution in [0.25, 0.3) is 0 Å². The first kappa shape index (κ1) is 12.5. The van der Waals surface area contributed by atoms with Crippen molar-refractivity contribution in [3.8, 4) is 0 Å². The third-order valence-corrected chi connectivity index (χ3v) is 3.54. The molecule has 0 aliphatic carbocycles. The molecule has 2 rings (SSSR count). The smallest absolute Gasteiger partial charge is 0.254 e. The summed E-state index contributed by atoms with van der Waals surface area (Å²) in [5, 5.41) is 5.98. The van der Waals surface area contributed by atoms with Gasteiger partial charge in [0.05, 0.1) is 6.61 Å². The van der Waals surface area contributed by atoms with Crippen molar-refractivity contribution in [3.05, 3.63) is 28.2 Å². The second-order valence-electron chi connectivity index (χ2n) is 4.02. The predicted molar refractivity (Wildman–Crippen MR) is 70.1 cm³/mol. The van der Waals surface area contributed by atoms with Crippen molar-refractivity contribution >= 4 is 27.5 Å². The zero-order valence-electron chi connectivity index (χ0n) is 9.63. The highest BCUT2D eigenvalue weighted by Gasteiger charge is 2.21. The van der Waals surface area contributed by atoms with Crippen LogP contribution in [0.15, 0.2) is 22.7 Å². The molecule has 5 heteroatoms. The third-order valence-electron chi connectivity index (χ3n) is 2.65. The molecule has 0 radical (unpaired) electrons. The monoisotopic (exact) mass is 298 g/mol. The Morgan fingerprint density at radius 1 is 1.59 bits per heavy atom. The lowest BCUT2D eigenvalue weighted by Gasteiger charge is -2.22. The molecular formula is C12H15BrN2O2. The fourth-order valence-electron chi connectivity index (χ4n) is 1.68. The molecule has 1 aromatic rings. The van der Waals surface area contributed by atoms with E-state index >= 15 is 0 Å². The lowest BCUT2D eigenvalue weighted by atomic mass is 10.2. The van der Waals surface area contributed by atoms with E-state index < -0.39 is 6.10 Å². The summed E-state index contributed by atoms with van der Waals surface area (Å²) in [6.45, 7) is 3.94. The minimum Gasteiger partial charge on any atom is -0.366 e. The van der Waals surface area contributed by atoms with Crippen LogP contribution in [0.5, 0.6) is 0 Å². The first-order valence-corrected chi connectivity index (χ1v) is 6.35. The quantitative estimate of drug-likeness (QED) is 0.873. The molecule has 1 atom stereocenters. The molecule has 1 unspecified atom stereocenters. The topological polar surface area (TPSA) is 50.4 Å². The second kappa shape index (κ2) is 5.62. The molecule has 0 saturated carbocycles. The molecule has 1 saturated heterocycles. The second-order valence-corrected chi connectivity index (χ2v) is 4.87. The van der Waals surface area contributed by atoms with Crippen LogP contribution in [0.4, 0.5) is 5.69 Å². The number of ether oxygens (including phenoxy) is 1. The molecule has 1 fully saturated rings. The summed E-state index contributed by atoms with van der Waals surface area (Å²) in [5.74, 6) is -0.0982. The molecule has 92 valence electrons. The number of nitrogens with one attached hydrogen (secondary N) is 2. The highest BCUT2D eigenvalue weighted by molar-refractivity contribution is 9.10. The SMILES string of the molecule is Cc1cc(NC(=O)C2CNCCO2)ccc1Br. The van der Waals surface area contributed by atoms with Crippen LogP contribution in [0, 0.1) is 6.92 Å². The number of hydrogen-bond acceptors (Lipinski definition) is 3. The number of hydrogen-bond donors (Lipinski definition) is 2. The van der Waals surface area contributed by atoms with Crippen LogP contribution < -0.4 is 10.6 Å². The number of morpholine rings is 1. The normalized spacial score (nSPS) is 20.0. The largest absolute Gasteiger partial charge is 0.366 e. The summed E-state index contributed by atoms with van der Waals surface area (Å²) in [6, 6.07) is 5.72. The summed E-state index contributed by atoms with van der Waals surface area (Å²) in [4.78, 5) is 11.9. The molecule has 0 spiro atoms. The number of halogens is 1. The molecule has 0 aromatic heterocycles. The van der Waals surface area contributed by atoms with Gasteiger partial charge in [0.25, 0.3) is 5.91 Å². The van der Waals surface area contributed by atoms with Crippen LogP contribution >= 0.6 is 15.9 Å².